The highest BCUT2D eigenvalue weighted by Crippen LogP contribution is 2.29. The summed E-state index contributed by atoms with van der Waals surface area (Å²) in [6.45, 7) is 24.3. The minimum Gasteiger partial charge on any atom is -0.485 e. The van der Waals surface area contributed by atoms with E-state index in [1.807, 2.05) is 64.2 Å². The van der Waals surface area contributed by atoms with E-state index in [1.54, 1.807) is 19.2 Å². The van der Waals surface area contributed by atoms with Crippen LogP contribution in [0.15, 0.2) is 73.7 Å². The number of rotatable bonds is 12. The van der Waals surface area contributed by atoms with Crippen molar-refractivity contribution < 1.29 is 22.7 Å². The molecule has 0 bridgehead atoms. The third-order valence-corrected chi connectivity index (χ3v) is 5.49. The molecular weight excluding hydrogens is 605 g/mol. The number of pyridine rings is 2. The zero-order valence-corrected chi connectivity index (χ0v) is 29.6. The molecule has 0 saturated carbocycles. The van der Waals surface area contributed by atoms with Gasteiger partial charge in [0.05, 0.1) is 5.56 Å². The number of nitrogens with two attached hydrogens (primary N) is 2. The molecule has 266 valence electrons. The van der Waals surface area contributed by atoms with E-state index in [1.165, 1.54) is 6.07 Å². The van der Waals surface area contributed by atoms with Gasteiger partial charge in [0.15, 0.2) is 11.6 Å². The second kappa shape index (κ2) is 32.0. The molecule has 11 heteroatoms. The molecular formula is C36H59F3N6O2. The third kappa shape index (κ3) is 24.9. The fourth-order valence-electron chi connectivity index (χ4n) is 3.30. The van der Waals surface area contributed by atoms with Crippen LogP contribution in [0, 0.1) is 13.8 Å². The van der Waals surface area contributed by atoms with Crippen LogP contribution in [0.1, 0.15) is 76.3 Å². The van der Waals surface area contributed by atoms with Crippen molar-refractivity contribution in [2.45, 2.75) is 80.5 Å². The average Bonchev–Trinajstić information content (AvgIpc) is 3.09. The maximum Gasteiger partial charge on any atom is 0.416 e. The van der Waals surface area contributed by atoms with Gasteiger partial charge in [-0.2, -0.15) is 13.2 Å². The van der Waals surface area contributed by atoms with Gasteiger partial charge in [-0.1, -0.05) is 65.0 Å². The molecule has 2 aromatic heterocycles. The molecule has 0 saturated heterocycles. The summed E-state index contributed by atoms with van der Waals surface area (Å²) in [6.07, 6.45) is 4.36. The topological polar surface area (TPSA) is 119 Å². The van der Waals surface area contributed by atoms with E-state index in [0.717, 1.165) is 86.9 Å². The Hall–Kier alpha value is -3.96. The number of aryl methyl sites for hydroxylation is 2. The number of carbonyl (C=O) groups is 1. The number of nitrogens with zero attached hydrogens (tertiary/aromatic N) is 3. The van der Waals surface area contributed by atoms with Crippen LogP contribution in [-0.4, -0.2) is 49.5 Å². The predicted molar refractivity (Wildman–Crippen MR) is 192 cm³/mol. The van der Waals surface area contributed by atoms with Crippen molar-refractivity contribution in [1.82, 2.24) is 15.3 Å². The molecule has 47 heavy (non-hydrogen) atoms. The molecule has 5 N–H and O–H groups in total. The quantitative estimate of drug-likeness (QED) is 0.167. The Morgan fingerprint density at radius 3 is 1.98 bits per heavy atom. The second-order valence-corrected chi connectivity index (χ2v) is 9.51. The minimum atomic E-state index is -4.22. The Balaban J connectivity index is -0.000000694. The van der Waals surface area contributed by atoms with Crippen LogP contribution in [0.4, 0.5) is 19.0 Å². The molecule has 8 nitrogen and oxygen atoms in total. The number of alkyl halides is 3. The van der Waals surface area contributed by atoms with E-state index in [-0.39, 0.29) is 0 Å². The van der Waals surface area contributed by atoms with E-state index in [4.69, 9.17) is 21.0 Å². The molecule has 0 amide bonds. The highest BCUT2D eigenvalue weighted by molar-refractivity contribution is 5.52. The molecule has 0 aliphatic heterocycles. The van der Waals surface area contributed by atoms with Gasteiger partial charge in [0.1, 0.15) is 13.4 Å². The van der Waals surface area contributed by atoms with Crippen molar-refractivity contribution in [2.75, 3.05) is 37.6 Å². The van der Waals surface area contributed by atoms with Crippen molar-refractivity contribution in [1.29, 1.82) is 0 Å². The lowest BCUT2D eigenvalue weighted by molar-refractivity contribution is -0.137. The summed E-state index contributed by atoms with van der Waals surface area (Å²) in [6, 6.07) is 13.1. The SMILES string of the molecule is C=CNCCN(CCC)c1ncccc1OCc1ccnc(C)c1.C=O.CC.CCCN.CCCN.Cc1cccc(C(F)(F)F)c1. The van der Waals surface area contributed by atoms with E-state index in [2.05, 4.69) is 47.5 Å². The van der Waals surface area contributed by atoms with Crippen molar-refractivity contribution in [3.8, 4) is 5.75 Å². The highest BCUT2D eigenvalue weighted by atomic mass is 19.4. The Labute approximate surface area is 281 Å². The number of benzene rings is 1. The van der Waals surface area contributed by atoms with E-state index in [0.29, 0.717) is 12.2 Å². The fourth-order valence-corrected chi connectivity index (χ4v) is 3.30. The molecule has 0 unspecified atom stereocenters. The molecule has 0 atom stereocenters. The van der Waals surface area contributed by atoms with Crippen molar-refractivity contribution >= 4 is 12.6 Å². The summed E-state index contributed by atoms with van der Waals surface area (Å²) < 4.78 is 41.9. The van der Waals surface area contributed by atoms with Crippen molar-refractivity contribution in [3.63, 3.8) is 0 Å². The number of hydrogen-bond donors (Lipinski definition) is 3. The first-order valence-electron chi connectivity index (χ1n) is 16.0. The maximum atomic E-state index is 12.0. The van der Waals surface area contributed by atoms with Gasteiger partial charge in [0.2, 0.25) is 0 Å². The zero-order valence-electron chi connectivity index (χ0n) is 29.6. The summed E-state index contributed by atoms with van der Waals surface area (Å²) >= 11 is 0. The number of ether oxygens (including phenoxy) is 1. The second-order valence-electron chi connectivity index (χ2n) is 9.51. The fraction of sp³-hybridized carbons (Fsp3) is 0.472. The third-order valence-electron chi connectivity index (χ3n) is 5.49. The highest BCUT2D eigenvalue weighted by Gasteiger charge is 2.29. The lowest BCUT2D eigenvalue weighted by atomic mass is 10.1. The van der Waals surface area contributed by atoms with Crippen LogP contribution in [0.2, 0.25) is 0 Å². The number of hydrogen-bond acceptors (Lipinski definition) is 8. The Kier molecular flexibility index (Phi) is 32.3. The predicted octanol–water partition coefficient (Wildman–Crippen LogP) is 7.88. The first-order chi connectivity index (χ1) is 22.6. The lowest BCUT2D eigenvalue weighted by Gasteiger charge is -2.25. The minimum absolute atomic E-state index is 0.507. The first kappa shape index (κ1) is 47.4. The molecule has 0 aliphatic carbocycles. The van der Waals surface area contributed by atoms with Gasteiger partial charge in [-0.05, 0) is 88.3 Å². The number of carbonyl (C=O) groups excluding carboxylic acids is 1. The van der Waals surface area contributed by atoms with E-state index < -0.39 is 11.7 Å². The van der Waals surface area contributed by atoms with Crippen molar-refractivity contribution in [3.05, 3.63) is 96.1 Å². The molecule has 0 radical (unpaired) electrons. The Bertz CT molecular complexity index is 1140. The number of halogens is 3. The Morgan fingerprint density at radius 2 is 1.51 bits per heavy atom. The standard InChI is InChI=1S/C19H26N4O.C8H7F3.2C3H9N.C2H6.CH2O/c1-4-12-23(13-11-20-5-2)19-18(7-6-9-22-19)24-15-17-8-10-21-16(3)14-17;1-6-3-2-4-7(5-6)8(9,10)11;2*1-2-3-4;2*1-2/h5-10,14,20H,2,4,11-13,15H2,1,3H3;2-5H,1H3;2*2-4H2,1H3;1-2H3;1H2. The van der Waals surface area contributed by atoms with Crippen LogP contribution in [0.25, 0.3) is 0 Å². The summed E-state index contributed by atoms with van der Waals surface area (Å²) in [5.41, 5.74) is 12.2. The molecule has 1 aromatic carbocycles. The molecule has 3 rings (SSSR count). The van der Waals surface area contributed by atoms with Gasteiger partial charge in [-0.25, -0.2) is 4.98 Å². The largest absolute Gasteiger partial charge is 0.485 e. The van der Waals surface area contributed by atoms with Crippen LogP contribution >= 0.6 is 0 Å². The number of anilines is 1. The van der Waals surface area contributed by atoms with Gasteiger partial charge in [0.25, 0.3) is 0 Å². The van der Waals surface area contributed by atoms with Crippen molar-refractivity contribution in [2.24, 2.45) is 11.5 Å². The lowest BCUT2D eigenvalue weighted by Crippen LogP contribution is -2.32. The van der Waals surface area contributed by atoms with Gasteiger partial charge in [0, 0.05) is 37.7 Å². The van der Waals surface area contributed by atoms with Gasteiger partial charge >= 0.3 is 6.18 Å². The van der Waals surface area contributed by atoms with Crippen LogP contribution in [0.3, 0.4) is 0 Å². The summed E-state index contributed by atoms with van der Waals surface area (Å²) in [4.78, 5) is 19.0. The molecule has 2 heterocycles. The molecule has 0 spiro atoms. The van der Waals surface area contributed by atoms with E-state index >= 15 is 0 Å². The Morgan fingerprint density at radius 1 is 0.894 bits per heavy atom. The average molecular weight is 665 g/mol. The van der Waals surface area contributed by atoms with E-state index in [9.17, 15) is 13.2 Å². The molecule has 3 aromatic rings. The summed E-state index contributed by atoms with van der Waals surface area (Å²) in [5.74, 6) is 1.69. The summed E-state index contributed by atoms with van der Waals surface area (Å²) in [5, 5.41) is 3.14. The monoisotopic (exact) mass is 664 g/mol. The maximum absolute atomic E-state index is 12.0. The van der Waals surface area contributed by atoms with Gasteiger partial charge in [-0.15, -0.1) is 0 Å². The smallest absolute Gasteiger partial charge is 0.416 e. The number of aromatic nitrogens is 2. The first-order valence-corrected chi connectivity index (χ1v) is 16.0. The van der Waals surface area contributed by atoms with Crippen LogP contribution in [0.5, 0.6) is 5.75 Å². The molecule has 0 fully saturated rings. The summed E-state index contributed by atoms with van der Waals surface area (Å²) in [7, 11) is 0. The number of nitrogens with one attached hydrogen (secondary N) is 1. The van der Waals surface area contributed by atoms with Gasteiger partial charge in [-0.3, -0.25) is 4.98 Å². The van der Waals surface area contributed by atoms with Crippen LogP contribution in [-0.2, 0) is 17.6 Å². The normalized spacial score (nSPS) is 9.45. The van der Waals surface area contributed by atoms with Crippen LogP contribution < -0.4 is 26.4 Å². The zero-order chi connectivity index (χ0) is 36.5. The molecule has 0 aliphatic rings. The van der Waals surface area contributed by atoms with Gasteiger partial charge < -0.3 is 31.2 Å².